The predicted octanol–water partition coefficient (Wildman–Crippen LogP) is 2.91. The molecule has 1 saturated heterocycles. The molecular weight excluding hydrogens is 494 g/mol. The van der Waals surface area contributed by atoms with Gasteiger partial charge in [0.25, 0.3) is 0 Å². The summed E-state index contributed by atoms with van der Waals surface area (Å²) in [7, 11) is 0. The van der Waals surface area contributed by atoms with E-state index in [1.54, 1.807) is 15.6 Å². The van der Waals surface area contributed by atoms with E-state index in [0.717, 1.165) is 16.8 Å². The van der Waals surface area contributed by atoms with Crippen LogP contribution in [-0.4, -0.2) is 67.5 Å². The van der Waals surface area contributed by atoms with Crippen LogP contribution in [0.3, 0.4) is 0 Å². The van der Waals surface area contributed by atoms with Gasteiger partial charge in [0.15, 0.2) is 11.5 Å². The Morgan fingerprint density at radius 3 is 2.38 bits per heavy atom. The molecule has 0 radical (unpaired) electrons. The van der Waals surface area contributed by atoms with Crippen LogP contribution in [0.1, 0.15) is 12.8 Å². The number of benzene rings is 2. The quantitative estimate of drug-likeness (QED) is 0.314. The first kappa shape index (κ1) is 24.3. The number of carbonyl (C=O) groups is 2. The number of nitrogens with one attached hydrogen (secondary N) is 2. The van der Waals surface area contributed by atoms with Crippen molar-refractivity contribution in [3.05, 3.63) is 79.0 Å². The van der Waals surface area contributed by atoms with Crippen molar-refractivity contribution in [2.75, 3.05) is 36.5 Å². The number of hydrogen-bond acceptors (Lipinski definition) is 8. The normalized spacial score (nSPS) is 13.5. The van der Waals surface area contributed by atoms with E-state index >= 15 is 0 Å². The van der Waals surface area contributed by atoms with Crippen molar-refractivity contribution < 1.29 is 9.59 Å². The standard InChI is InChI=1S/C28H27N9O2/c38-24(13-14-25(39)36-18-16-35(17-19-36)23-12-6-7-15-29-23)32-33-28-30-22-11-5-4-10-21(22)27-31-26(34-37(27)28)20-8-2-1-3-9-20/h1-12,15H,13-14,16-19H2,(H,30,33)(H,32,38). The number of para-hydroxylation sites is 1. The van der Waals surface area contributed by atoms with Crippen LogP contribution in [0.4, 0.5) is 11.8 Å². The third-order valence-electron chi connectivity index (χ3n) is 6.70. The molecule has 196 valence electrons. The van der Waals surface area contributed by atoms with E-state index in [4.69, 9.17) is 4.98 Å². The number of amides is 2. The molecule has 2 aromatic carbocycles. The van der Waals surface area contributed by atoms with Gasteiger partial charge in [0.2, 0.25) is 17.8 Å². The van der Waals surface area contributed by atoms with Gasteiger partial charge in [-0.2, -0.15) is 4.52 Å². The van der Waals surface area contributed by atoms with Crippen molar-refractivity contribution in [2.45, 2.75) is 12.8 Å². The maximum Gasteiger partial charge on any atom is 0.245 e. The van der Waals surface area contributed by atoms with Crippen molar-refractivity contribution in [1.82, 2.24) is 34.9 Å². The Balaban J connectivity index is 1.09. The SMILES string of the molecule is O=C(CCC(=O)N1CCN(c2ccccn2)CC1)NNc1nc2ccccc2c2nc(-c3ccccc3)nn12. The minimum absolute atomic E-state index is 0.0409. The Morgan fingerprint density at radius 2 is 1.59 bits per heavy atom. The molecule has 6 rings (SSSR count). The molecule has 0 bridgehead atoms. The third-order valence-corrected chi connectivity index (χ3v) is 6.70. The number of fused-ring (bicyclic) bond motifs is 3. The number of hydrazine groups is 1. The van der Waals surface area contributed by atoms with Gasteiger partial charge in [-0.05, 0) is 24.3 Å². The van der Waals surface area contributed by atoms with E-state index in [0.29, 0.717) is 49.1 Å². The van der Waals surface area contributed by atoms with Crippen LogP contribution in [0.25, 0.3) is 27.9 Å². The number of rotatable bonds is 7. The number of nitrogens with zero attached hydrogens (tertiary/aromatic N) is 7. The number of pyridine rings is 1. The minimum Gasteiger partial charge on any atom is -0.353 e. The average Bonchev–Trinajstić information content (AvgIpc) is 3.46. The van der Waals surface area contributed by atoms with E-state index in [9.17, 15) is 9.59 Å². The van der Waals surface area contributed by atoms with E-state index in [1.807, 2.05) is 72.8 Å². The first-order chi connectivity index (χ1) is 19.2. The van der Waals surface area contributed by atoms with Crippen LogP contribution in [-0.2, 0) is 9.59 Å². The van der Waals surface area contributed by atoms with Crippen molar-refractivity contribution in [2.24, 2.45) is 0 Å². The third kappa shape index (κ3) is 5.19. The van der Waals surface area contributed by atoms with E-state index in [2.05, 4.69) is 30.8 Å². The Labute approximate surface area is 224 Å². The van der Waals surface area contributed by atoms with Crippen LogP contribution in [0.5, 0.6) is 0 Å². The maximum absolute atomic E-state index is 12.7. The molecule has 5 aromatic rings. The van der Waals surface area contributed by atoms with Gasteiger partial charge >= 0.3 is 0 Å². The van der Waals surface area contributed by atoms with Gasteiger partial charge in [-0.25, -0.2) is 15.0 Å². The Kier molecular flexibility index (Phi) is 6.69. The molecule has 1 aliphatic rings. The van der Waals surface area contributed by atoms with Gasteiger partial charge in [0.05, 0.1) is 5.52 Å². The number of aromatic nitrogens is 5. The molecule has 3 aromatic heterocycles. The molecule has 0 aliphatic carbocycles. The molecule has 11 nitrogen and oxygen atoms in total. The van der Waals surface area contributed by atoms with Gasteiger partial charge in [0, 0.05) is 56.2 Å². The lowest BCUT2D eigenvalue weighted by Gasteiger charge is -2.35. The highest BCUT2D eigenvalue weighted by atomic mass is 16.2. The molecule has 1 aliphatic heterocycles. The minimum atomic E-state index is -0.318. The fourth-order valence-electron chi connectivity index (χ4n) is 4.64. The first-order valence-corrected chi connectivity index (χ1v) is 12.9. The average molecular weight is 522 g/mol. The summed E-state index contributed by atoms with van der Waals surface area (Å²) in [6, 6.07) is 23.1. The fraction of sp³-hybridized carbons (Fsp3) is 0.214. The zero-order valence-electron chi connectivity index (χ0n) is 21.2. The Hall–Kier alpha value is -5.06. The van der Waals surface area contributed by atoms with E-state index in [1.165, 1.54) is 0 Å². The summed E-state index contributed by atoms with van der Waals surface area (Å²) >= 11 is 0. The molecule has 11 heteroatoms. The number of anilines is 2. The number of piperazine rings is 1. The smallest absolute Gasteiger partial charge is 0.245 e. The summed E-state index contributed by atoms with van der Waals surface area (Å²) < 4.78 is 1.58. The Bertz CT molecular complexity index is 1610. The number of carbonyl (C=O) groups excluding carboxylic acids is 2. The lowest BCUT2D eigenvalue weighted by molar-refractivity contribution is -0.133. The molecule has 2 N–H and O–H groups in total. The summed E-state index contributed by atoms with van der Waals surface area (Å²) in [6.07, 6.45) is 1.94. The largest absolute Gasteiger partial charge is 0.353 e. The van der Waals surface area contributed by atoms with Gasteiger partial charge in [-0.15, -0.1) is 5.10 Å². The van der Waals surface area contributed by atoms with Crippen molar-refractivity contribution in [3.8, 4) is 11.4 Å². The molecule has 0 unspecified atom stereocenters. The summed E-state index contributed by atoms with van der Waals surface area (Å²) in [5.74, 6) is 1.43. The van der Waals surface area contributed by atoms with E-state index < -0.39 is 0 Å². The zero-order chi connectivity index (χ0) is 26.6. The van der Waals surface area contributed by atoms with Crippen LogP contribution in [0.15, 0.2) is 79.0 Å². The van der Waals surface area contributed by atoms with Gasteiger partial charge < -0.3 is 9.80 Å². The van der Waals surface area contributed by atoms with E-state index in [-0.39, 0.29) is 24.7 Å². The second kappa shape index (κ2) is 10.7. The van der Waals surface area contributed by atoms with Crippen molar-refractivity contribution in [1.29, 1.82) is 0 Å². The highest BCUT2D eigenvalue weighted by molar-refractivity contribution is 5.93. The summed E-state index contributed by atoms with van der Waals surface area (Å²) in [4.78, 5) is 43.1. The van der Waals surface area contributed by atoms with Gasteiger partial charge in [-0.1, -0.05) is 48.5 Å². The second-order valence-corrected chi connectivity index (χ2v) is 9.22. The van der Waals surface area contributed by atoms with Crippen LogP contribution >= 0.6 is 0 Å². The summed E-state index contributed by atoms with van der Waals surface area (Å²) in [5.41, 5.74) is 7.76. The highest BCUT2D eigenvalue weighted by Gasteiger charge is 2.22. The molecule has 1 fully saturated rings. The molecule has 4 heterocycles. The van der Waals surface area contributed by atoms with Gasteiger partial charge in [0.1, 0.15) is 5.82 Å². The monoisotopic (exact) mass is 521 g/mol. The van der Waals surface area contributed by atoms with Crippen LogP contribution < -0.4 is 15.8 Å². The van der Waals surface area contributed by atoms with Crippen LogP contribution in [0, 0.1) is 0 Å². The van der Waals surface area contributed by atoms with Crippen molar-refractivity contribution >= 4 is 40.1 Å². The second-order valence-electron chi connectivity index (χ2n) is 9.22. The van der Waals surface area contributed by atoms with Crippen molar-refractivity contribution in [3.63, 3.8) is 0 Å². The van der Waals surface area contributed by atoms with Gasteiger partial charge in [-0.3, -0.25) is 20.4 Å². The molecule has 0 saturated carbocycles. The zero-order valence-corrected chi connectivity index (χ0v) is 21.2. The molecule has 2 amide bonds. The Morgan fingerprint density at radius 1 is 0.821 bits per heavy atom. The summed E-state index contributed by atoms with van der Waals surface area (Å²) in [6.45, 7) is 2.63. The molecule has 0 atom stereocenters. The molecule has 39 heavy (non-hydrogen) atoms. The van der Waals surface area contributed by atoms with Crippen LogP contribution in [0.2, 0.25) is 0 Å². The highest BCUT2D eigenvalue weighted by Crippen LogP contribution is 2.24. The maximum atomic E-state index is 12.7. The topological polar surface area (TPSA) is 121 Å². The number of hydrogen-bond donors (Lipinski definition) is 2. The molecule has 0 spiro atoms. The first-order valence-electron chi connectivity index (χ1n) is 12.9. The lowest BCUT2D eigenvalue weighted by atomic mass is 10.2. The molecular formula is C28H27N9O2. The lowest BCUT2D eigenvalue weighted by Crippen LogP contribution is -2.49. The predicted molar refractivity (Wildman–Crippen MR) is 148 cm³/mol. The summed E-state index contributed by atoms with van der Waals surface area (Å²) in [5, 5.41) is 5.48. The fourth-order valence-corrected chi connectivity index (χ4v) is 4.64.